The van der Waals surface area contributed by atoms with Gasteiger partial charge in [0, 0.05) is 16.8 Å². The lowest BCUT2D eigenvalue weighted by molar-refractivity contribution is 0.102. The lowest BCUT2D eigenvalue weighted by Gasteiger charge is -2.13. The van der Waals surface area contributed by atoms with Crippen LogP contribution in [-0.2, 0) is 0 Å². The van der Waals surface area contributed by atoms with Crippen molar-refractivity contribution >= 4 is 27.5 Å². The minimum absolute atomic E-state index is 0.258. The fourth-order valence-corrected chi connectivity index (χ4v) is 3.58. The van der Waals surface area contributed by atoms with Gasteiger partial charge in [-0.2, -0.15) is 0 Å². The van der Waals surface area contributed by atoms with E-state index < -0.39 is 0 Å². The largest absolute Gasteiger partial charge is 0.493 e. The zero-order valence-corrected chi connectivity index (χ0v) is 17.6. The number of hydrogen-bond donors (Lipinski definition) is 1. The van der Waals surface area contributed by atoms with Crippen LogP contribution in [-0.4, -0.2) is 39.8 Å². The molecule has 9 heteroatoms. The molecule has 1 aliphatic rings. The van der Waals surface area contributed by atoms with Crippen molar-refractivity contribution in [3.05, 3.63) is 46.4 Å². The van der Waals surface area contributed by atoms with Crippen molar-refractivity contribution in [1.29, 1.82) is 0 Å². The molecule has 3 aromatic rings. The number of carbonyl (C=O) groups is 1. The first-order valence-corrected chi connectivity index (χ1v) is 10.1. The van der Waals surface area contributed by atoms with Crippen LogP contribution in [0.4, 0.5) is 5.69 Å². The van der Waals surface area contributed by atoms with Gasteiger partial charge in [-0.3, -0.25) is 4.79 Å². The van der Waals surface area contributed by atoms with Gasteiger partial charge in [0.15, 0.2) is 17.3 Å². The van der Waals surface area contributed by atoms with Gasteiger partial charge in [-0.1, -0.05) is 12.1 Å². The van der Waals surface area contributed by atoms with Gasteiger partial charge in [0.1, 0.15) is 0 Å². The van der Waals surface area contributed by atoms with E-state index in [1.807, 2.05) is 35.9 Å². The summed E-state index contributed by atoms with van der Waals surface area (Å²) in [6, 6.07) is 11.2. The number of ether oxygens (including phenoxy) is 2. The second-order valence-electron chi connectivity index (χ2n) is 6.64. The summed E-state index contributed by atoms with van der Waals surface area (Å²) in [6.45, 7) is 2.38. The van der Waals surface area contributed by atoms with Gasteiger partial charge in [-0.25, -0.2) is 4.68 Å². The highest BCUT2D eigenvalue weighted by atomic mass is 79.9. The molecule has 1 aliphatic carbocycles. The Balaban J connectivity index is 1.57. The molecule has 1 N–H and O–H groups in total. The van der Waals surface area contributed by atoms with Gasteiger partial charge in [-0.15, -0.1) is 5.10 Å². The topological polar surface area (TPSA) is 91.2 Å². The lowest BCUT2D eigenvalue weighted by atomic mass is 10.1. The van der Waals surface area contributed by atoms with E-state index in [0.717, 1.165) is 18.4 Å². The number of nitrogens with zero attached hydrogens (tertiary/aromatic N) is 4. The Bertz CT molecular complexity index is 1050. The molecule has 0 radical (unpaired) electrons. The van der Waals surface area contributed by atoms with Crippen molar-refractivity contribution in [3.63, 3.8) is 0 Å². The average molecular weight is 458 g/mol. The third-order valence-corrected chi connectivity index (χ3v) is 5.13. The van der Waals surface area contributed by atoms with Crippen molar-refractivity contribution in [2.24, 2.45) is 0 Å². The molecule has 0 spiro atoms. The molecule has 29 heavy (non-hydrogen) atoms. The van der Waals surface area contributed by atoms with E-state index in [0.29, 0.717) is 45.7 Å². The van der Waals surface area contributed by atoms with Gasteiger partial charge >= 0.3 is 0 Å². The minimum atomic E-state index is -0.258. The molecule has 150 valence electrons. The zero-order chi connectivity index (χ0) is 20.4. The molecule has 1 fully saturated rings. The summed E-state index contributed by atoms with van der Waals surface area (Å²) in [5, 5.41) is 14.9. The van der Waals surface area contributed by atoms with E-state index in [1.54, 1.807) is 19.2 Å². The Morgan fingerprint density at radius 2 is 2.14 bits per heavy atom. The highest BCUT2D eigenvalue weighted by Gasteiger charge is 2.28. The third kappa shape index (κ3) is 4.09. The van der Waals surface area contributed by atoms with Crippen LogP contribution in [0.25, 0.3) is 11.4 Å². The Kier molecular flexibility index (Phi) is 5.48. The number of amides is 1. The molecule has 1 aromatic heterocycles. The molecule has 8 nitrogen and oxygen atoms in total. The van der Waals surface area contributed by atoms with E-state index in [1.165, 1.54) is 0 Å². The minimum Gasteiger partial charge on any atom is -0.493 e. The molecular formula is C20H20BrN5O3. The zero-order valence-electron chi connectivity index (χ0n) is 16.1. The average Bonchev–Trinajstić information content (AvgIpc) is 3.45. The normalized spacial score (nSPS) is 13.2. The molecule has 2 aromatic carbocycles. The molecule has 0 atom stereocenters. The van der Waals surface area contributed by atoms with Crippen LogP contribution in [0.3, 0.4) is 0 Å². The number of halogens is 1. The van der Waals surface area contributed by atoms with Crippen LogP contribution in [0.1, 0.15) is 36.2 Å². The summed E-state index contributed by atoms with van der Waals surface area (Å²) < 4.78 is 13.4. The number of methoxy groups -OCH3 is 1. The first kappa shape index (κ1) is 19.4. The highest BCUT2D eigenvalue weighted by molar-refractivity contribution is 9.10. The maximum absolute atomic E-state index is 12.8. The summed E-state index contributed by atoms with van der Waals surface area (Å²) >= 11 is 3.45. The summed E-state index contributed by atoms with van der Waals surface area (Å²) in [6.07, 6.45) is 2.17. The number of carbonyl (C=O) groups excluding carboxylic acids is 1. The Morgan fingerprint density at radius 3 is 2.86 bits per heavy atom. The van der Waals surface area contributed by atoms with Gasteiger partial charge in [0.2, 0.25) is 0 Å². The number of aromatic nitrogens is 4. The molecular weight excluding hydrogens is 438 g/mol. The van der Waals surface area contributed by atoms with Crippen LogP contribution in [0.5, 0.6) is 11.5 Å². The number of hydrogen-bond acceptors (Lipinski definition) is 6. The van der Waals surface area contributed by atoms with Crippen molar-refractivity contribution in [2.45, 2.75) is 25.8 Å². The molecule has 4 rings (SSSR count). The van der Waals surface area contributed by atoms with Gasteiger partial charge in [0.05, 0.1) is 24.2 Å². The highest BCUT2D eigenvalue weighted by Crippen LogP contribution is 2.38. The van der Waals surface area contributed by atoms with Crippen molar-refractivity contribution in [3.8, 4) is 22.9 Å². The quantitative estimate of drug-likeness (QED) is 0.574. The Morgan fingerprint density at radius 1 is 1.31 bits per heavy atom. The number of anilines is 1. The molecule has 1 amide bonds. The smallest absolute Gasteiger partial charge is 0.255 e. The second-order valence-corrected chi connectivity index (χ2v) is 7.49. The van der Waals surface area contributed by atoms with Crippen LogP contribution in [0, 0.1) is 0 Å². The number of nitrogens with one attached hydrogen (secondary N) is 1. The predicted octanol–water partition coefficient (Wildman–Crippen LogP) is 4.10. The standard InChI is InChI=1S/C20H20BrN5O3/c1-3-29-18-16(21)10-13(11-17(18)28-2)20(27)22-14-6-4-5-12(9-14)19-23-24-25-26(19)15-7-8-15/h4-6,9-11,15H,3,7-8H2,1-2H3,(H,22,27). The fraction of sp³-hybridized carbons (Fsp3) is 0.300. The molecule has 0 saturated heterocycles. The third-order valence-electron chi connectivity index (χ3n) is 4.54. The maximum atomic E-state index is 12.8. The van der Waals surface area contributed by atoms with Crippen LogP contribution in [0.2, 0.25) is 0 Å². The summed E-state index contributed by atoms with van der Waals surface area (Å²) in [5.41, 5.74) is 1.96. The molecule has 1 saturated carbocycles. The second kappa shape index (κ2) is 8.20. The van der Waals surface area contributed by atoms with Gasteiger partial charge < -0.3 is 14.8 Å². The number of tetrazole rings is 1. The fourth-order valence-electron chi connectivity index (χ4n) is 3.02. The van der Waals surface area contributed by atoms with E-state index >= 15 is 0 Å². The Hall–Kier alpha value is -2.94. The first-order valence-electron chi connectivity index (χ1n) is 9.30. The maximum Gasteiger partial charge on any atom is 0.255 e. The van der Waals surface area contributed by atoms with Gasteiger partial charge in [-0.05, 0) is 70.4 Å². The van der Waals surface area contributed by atoms with E-state index in [2.05, 4.69) is 36.8 Å². The SMILES string of the molecule is CCOc1c(Br)cc(C(=O)Nc2cccc(-c3nnnn3C3CC3)c2)cc1OC. The van der Waals surface area contributed by atoms with E-state index in [9.17, 15) is 4.79 Å². The van der Waals surface area contributed by atoms with Crippen molar-refractivity contribution in [1.82, 2.24) is 20.2 Å². The van der Waals surface area contributed by atoms with Crippen LogP contribution < -0.4 is 14.8 Å². The van der Waals surface area contributed by atoms with Crippen molar-refractivity contribution < 1.29 is 14.3 Å². The number of rotatable bonds is 7. The lowest BCUT2D eigenvalue weighted by Crippen LogP contribution is -2.12. The number of benzene rings is 2. The summed E-state index contributed by atoms with van der Waals surface area (Å²) in [4.78, 5) is 12.8. The first-order chi connectivity index (χ1) is 14.1. The monoisotopic (exact) mass is 457 g/mol. The molecule has 0 bridgehead atoms. The van der Waals surface area contributed by atoms with Crippen LogP contribution in [0.15, 0.2) is 40.9 Å². The molecule has 0 unspecified atom stereocenters. The predicted molar refractivity (Wildman–Crippen MR) is 111 cm³/mol. The van der Waals surface area contributed by atoms with E-state index in [4.69, 9.17) is 9.47 Å². The summed E-state index contributed by atoms with van der Waals surface area (Å²) in [7, 11) is 1.54. The molecule has 1 heterocycles. The van der Waals surface area contributed by atoms with Crippen LogP contribution >= 0.6 is 15.9 Å². The molecule has 0 aliphatic heterocycles. The van der Waals surface area contributed by atoms with E-state index in [-0.39, 0.29) is 5.91 Å². The van der Waals surface area contributed by atoms with Crippen molar-refractivity contribution in [2.75, 3.05) is 19.0 Å². The summed E-state index contributed by atoms with van der Waals surface area (Å²) in [5.74, 6) is 1.50. The van der Waals surface area contributed by atoms with Gasteiger partial charge in [0.25, 0.3) is 5.91 Å². The Labute approximate surface area is 176 Å².